The van der Waals surface area contributed by atoms with Crippen LogP contribution in [0.1, 0.15) is 23.0 Å². The lowest BCUT2D eigenvalue weighted by molar-refractivity contribution is -0.153. The van der Waals surface area contributed by atoms with Crippen molar-refractivity contribution in [3.63, 3.8) is 0 Å². The summed E-state index contributed by atoms with van der Waals surface area (Å²) in [6, 6.07) is 10.3. The molecule has 0 aliphatic carbocycles. The van der Waals surface area contributed by atoms with Gasteiger partial charge in [0.05, 0.1) is 18.7 Å². The Morgan fingerprint density at radius 2 is 2.04 bits per heavy atom. The van der Waals surface area contributed by atoms with Crippen molar-refractivity contribution in [2.75, 3.05) is 19.7 Å². The highest BCUT2D eigenvalue weighted by atomic mass is 16.5. The predicted octanol–water partition coefficient (Wildman–Crippen LogP) is 1.72. The molecule has 2 aromatic rings. The summed E-state index contributed by atoms with van der Waals surface area (Å²) in [6.07, 6.45) is 0. The smallest absolute Gasteiger partial charge is 0.336 e. The SMILES string of the molecule is CC1(C(N)=O)CN(Cc2ccc(-c3ccccc3C(=O)O)o2)CCO1. The minimum atomic E-state index is -1.01. The molecule has 1 aliphatic heterocycles. The molecule has 0 radical (unpaired) electrons. The van der Waals surface area contributed by atoms with E-state index < -0.39 is 17.5 Å². The number of carboxylic acids is 1. The number of rotatable bonds is 5. The fourth-order valence-corrected chi connectivity index (χ4v) is 2.95. The summed E-state index contributed by atoms with van der Waals surface area (Å²) >= 11 is 0. The molecule has 1 aliphatic rings. The molecule has 1 aromatic heterocycles. The summed E-state index contributed by atoms with van der Waals surface area (Å²) < 4.78 is 11.3. The molecular weight excluding hydrogens is 324 g/mol. The van der Waals surface area contributed by atoms with Crippen molar-refractivity contribution in [1.82, 2.24) is 4.90 Å². The van der Waals surface area contributed by atoms with Gasteiger partial charge in [0.25, 0.3) is 5.91 Å². The Labute approximate surface area is 145 Å². The van der Waals surface area contributed by atoms with E-state index >= 15 is 0 Å². The molecule has 3 N–H and O–H groups in total. The number of nitrogens with two attached hydrogens (primary N) is 1. The number of aromatic carboxylic acids is 1. The zero-order chi connectivity index (χ0) is 18.0. The summed E-state index contributed by atoms with van der Waals surface area (Å²) in [5, 5.41) is 9.30. The highest BCUT2D eigenvalue weighted by Gasteiger charge is 2.37. The molecule has 132 valence electrons. The molecule has 1 saturated heterocycles. The normalized spacial score (nSPS) is 21.2. The Hall–Kier alpha value is -2.64. The Morgan fingerprint density at radius 1 is 1.28 bits per heavy atom. The third-order valence-corrected chi connectivity index (χ3v) is 4.34. The molecule has 2 heterocycles. The van der Waals surface area contributed by atoms with E-state index in [1.165, 1.54) is 0 Å². The largest absolute Gasteiger partial charge is 0.478 e. The van der Waals surface area contributed by atoms with Crippen molar-refractivity contribution in [2.45, 2.75) is 19.1 Å². The maximum absolute atomic E-state index is 11.6. The number of amides is 1. The molecule has 7 heteroatoms. The lowest BCUT2D eigenvalue weighted by Crippen LogP contribution is -2.56. The van der Waals surface area contributed by atoms with Gasteiger partial charge in [0.2, 0.25) is 0 Å². The van der Waals surface area contributed by atoms with E-state index in [0.717, 1.165) is 0 Å². The van der Waals surface area contributed by atoms with Crippen molar-refractivity contribution in [2.24, 2.45) is 5.73 Å². The van der Waals surface area contributed by atoms with Gasteiger partial charge in [-0.15, -0.1) is 0 Å². The van der Waals surface area contributed by atoms with Gasteiger partial charge >= 0.3 is 5.97 Å². The molecule has 1 unspecified atom stereocenters. The van der Waals surface area contributed by atoms with E-state index in [0.29, 0.717) is 43.3 Å². The van der Waals surface area contributed by atoms with Crippen LogP contribution in [0.15, 0.2) is 40.8 Å². The van der Waals surface area contributed by atoms with Crippen molar-refractivity contribution in [1.29, 1.82) is 0 Å². The lowest BCUT2D eigenvalue weighted by Gasteiger charge is -2.37. The number of primary amides is 1. The van der Waals surface area contributed by atoms with Crippen LogP contribution >= 0.6 is 0 Å². The van der Waals surface area contributed by atoms with Gasteiger partial charge in [-0.1, -0.05) is 18.2 Å². The molecule has 25 heavy (non-hydrogen) atoms. The molecule has 0 spiro atoms. The quantitative estimate of drug-likeness (QED) is 0.855. The first kappa shape index (κ1) is 17.2. The van der Waals surface area contributed by atoms with Gasteiger partial charge in [-0.3, -0.25) is 9.69 Å². The number of carbonyl (C=O) groups excluding carboxylic acids is 1. The number of furan rings is 1. The monoisotopic (exact) mass is 344 g/mol. The number of hydrogen-bond acceptors (Lipinski definition) is 5. The summed E-state index contributed by atoms with van der Waals surface area (Å²) in [7, 11) is 0. The Morgan fingerprint density at radius 3 is 2.76 bits per heavy atom. The highest BCUT2D eigenvalue weighted by Crippen LogP contribution is 2.27. The van der Waals surface area contributed by atoms with Crippen LogP contribution in [-0.4, -0.2) is 47.2 Å². The fraction of sp³-hybridized carbons (Fsp3) is 0.333. The van der Waals surface area contributed by atoms with Crippen molar-refractivity contribution in [3.8, 4) is 11.3 Å². The number of morpholine rings is 1. The fourth-order valence-electron chi connectivity index (χ4n) is 2.95. The highest BCUT2D eigenvalue weighted by molar-refractivity contribution is 5.95. The zero-order valence-corrected chi connectivity index (χ0v) is 13.9. The number of hydrogen-bond donors (Lipinski definition) is 2. The standard InChI is InChI=1S/C18H20N2O5/c1-18(17(19)23)11-20(8-9-24-18)10-12-6-7-15(25-12)13-4-2-3-5-14(13)16(21)22/h2-7H,8-11H2,1H3,(H2,19,23)(H,21,22). The molecular formula is C18H20N2O5. The molecule has 1 atom stereocenters. The molecule has 1 aromatic carbocycles. The molecule has 1 amide bonds. The van der Waals surface area contributed by atoms with Gasteiger partial charge in [0.1, 0.15) is 11.5 Å². The number of benzene rings is 1. The first-order chi connectivity index (χ1) is 11.9. The summed E-state index contributed by atoms with van der Waals surface area (Å²) in [6.45, 7) is 3.61. The summed E-state index contributed by atoms with van der Waals surface area (Å²) in [4.78, 5) is 24.9. The van der Waals surface area contributed by atoms with Gasteiger partial charge in [0, 0.05) is 18.7 Å². The Bertz CT molecular complexity index is 800. The second kappa shape index (κ2) is 6.70. The molecule has 3 rings (SSSR count). The van der Waals surface area contributed by atoms with Gasteiger partial charge < -0.3 is 20.0 Å². The third kappa shape index (κ3) is 3.57. The van der Waals surface area contributed by atoms with Crippen molar-refractivity contribution in [3.05, 3.63) is 47.7 Å². The van der Waals surface area contributed by atoms with E-state index in [1.54, 1.807) is 37.3 Å². The average Bonchev–Trinajstić information content (AvgIpc) is 3.03. The molecule has 0 saturated carbocycles. The first-order valence-electron chi connectivity index (χ1n) is 7.97. The number of carboxylic acid groups (broad SMARTS) is 1. The van der Waals surface area contributed by atoms with Crippen LogP contribution in [0.2, 0.25) is 0 Å². The minimum Gasteiger partial charge on any atom is -0.478 e. The average molecular weight is 344 g/mol. The Kier molecular flexibility index (Phi) is 4.61. The van der Waals surface area contributed by atoms with Crippen LogP contribution in [0.4, 0.5) is 0 Å². The van der Waals surface area contributed by atoms with E-state index in [-0.39, 0.29) is 5.56 Å². The minimum absolute atomic E-state index is 0.191. The Balaban J connectivity index is 1.77. The maximum Gasteiger partial charge on any atom is 0.336 e. The van der Waals surface area contributed by atoms with E-state index in [4.69, 9.17) is 14.9 Å². The number of carbonyl (C=O) groups is 2. The van der Waals surface area contributed by atoms with E-state index in [2.05, 4.69) is 0 Å². The van der Waals surface area contributed by atoms with Gasteiger partial charge in [-0.25, -0.2) is 4.79 Å². The van der Waals surface area contributed by atoms with Crippen LogP contribution in [-0.2, 0) is 16.1 Å². The van der Waals surface area contributed by atoms with Crippen molar-refractivity contribution < 1.29 is 23.8 Å². The second-order valence-corrected chi connectivity index (χ2v) is 6.27. The number of nitrogens with zero attached hydrogens (tertiary/aromatic N) is 1. The third-order valence-electron chi connectivity index (χ3n) is 4.34. The summed E-state index contributed by atoms with van der Waals surface area (Å²) in [5.74, 6) is -0.311. The van der Waals surface area contributed by atoms with Crippen molar-refractivity contribution >= 4 is 11.9 Å². The predicted molar refractivity (Wildman–Crippen MR) is 89.9 cm³/mol. The zero-order valence-electron chi connectivity index (χ0n) is 13.9. The topological polar surface area (TPSA) is 106 Å². The maximum atomic E-state index is 11.6. The van der Waals surface area contributed by atoms with Crippen LogP contribution in [0.3, 0.4) is 0 Å². The van der Waals surface area contributed by atoms with Crippen LogP contribution < -0.4 is 5.73 Å². The molecule has 1 fully saturated rings. The van der Waals surface area contributed by atoms with Gasteiger partial charge in [-0.2, -0.15) is 0 Å². The second-order valence-electron chi connectivity index (χ2n) is 6.27. The van der Waals surface area contributed by atoms with Gasteiger partial charge in [-0.05, 0) is 25.1 Å². The van der Waals surface area contributed by atoms with E-state index in [9.17, 15) is 14.7 Å². The van der Waals surface area contributed by atoms with Gasteiger partial charge in [0.15, 0.2) is 5.60 Å². The summed E-state index contributed by atoms with van der Waals surface area (Å²) in [5.41, 5.74) is 5.13. The number of ether oxygens (including phenoxy) is 1. The van der Waals surface area contributed by atoms with Crippen LogP contribution in [0, 0.1) is 0 Å². The lowest BCUT2D eigenvalue weighted by atomic mass is 10.0. The van der Waals surface area contributed by atoms with Crippen LogP contribution in [0.5, 0.6) is 0 Å². The molecule has 0 bridgehead atoms. The molecule has 7 nitrogen and oxygen atoms in total. The van der Waals surface area contributed by atoms with Crippen LogP contribution in [0.25, 0.3) is 11.3 Å². The van der Waals surface area contributed by atoms with E-state index in [1.807, 2.05) is 11.0 Å². The first-order valence-corrected chi connectivity index (χ1v) is 7.97.